The lowest BCUT2D eigenvalue weighted by Gasteiger charge is -2.13. The fourth-order valence-electron chi connectivity index (χ4n) is 2.29. The Labute approximate surface area is 142 Å². The minimum absolute atomic E-state index is 0.874. The zero-order valence-electron chi connectivity index (χ0n) is 13.3. The highest BCUT2D eigenvalue weighted by Gasteiger charge is 2.11. The standard InChI is InChI=1S/C19H19NOSSi/c1-23(2)21-17-12-7-6-11-16(17)20-19(18-13-8-14-22-18)15-9-4-3-5-10-15/h3-14,23H,1-2H3. The van der Waals surface area contributed by atoms with Crippen LogP contribution in [0.5, 0.6) is 5.75 Å². The van der Waals surface area contributed by atoms with Gasteiger partial charge in [-0.1, -0.05) is 48.5 Å². The van der Waals surface area contributed by atoms with E-state index >= 15 is 0 Å². The maximum Gasteiger partial charge on any atom is 0.229 e. The van der Waals surface area contributed by atoms with Crippen molar-refractivity contribution in [2.75, 3.05) is 0 Å². The molecule has 116 valence electrons. The molecule has 2 aromatic carbocycles. The summed E-state index contributed by atoms with van der Waals surface area (Å²) in [6, 6.07) is 22.5. The summed E-state index contributed by atoms with van der Waals surface area (Å²) in [6.07, 6.45) is 0. The molecule has 1 heterocycles. The van der Waals surface area contributed by atoms with Gasteiger partial charge in [0.2, 0.25) is 9.04 Å². The van der Waals surface area contributed by atoms with Crippen molar-refractivity contribution in [3.8, 4) is 5.75 Å². The van der Waals surface area contributed by atoms with E-state index in [0.29, 0.717) is 0 Å². The van der Waals surface area contributed by atoms with Crippen LogP contribution in [-0.2, 0) is 0 Å². The molecule has 0 aliphatic rings. The van der Waals surface area contributed by atoms with E-state index in [2.05, 4.69) is 42.7 Å². The maximum absolute atomic E-state index is 6.03. The fourth-order valence-corrected chi connectivity index (χ4v) is 3.74. The van der Waals surface area contributed by atoms with Crippen molar-refractivity contribution < 1.29 is 4.43 Å². The minimum Gasteiger partial charge on any atom is -0.546 e. The first kappa shape index (κ1) is 15.7. The predicted molar refractivity (Wildman–Crippen MR) is 102 cm³/mol. The van der Waals surface area contributed by atoms with E-state index < -0.39 is 9.04 Å². The van der Waals surface area contributed by atoms with Gasteiger partial charge in [0.15, 0.2) is 0 Å². The lowest BCUT2D eigenvalue weighted by atomic mass is 10.1. The molecule has 0 unspecified atom stereocenters. The Kier molecular flexibility index (Phi) is 5.05. The topological polar surface area (TPSA) is 21.6 Å². The highest BCUT2D eigenvalue weighted by atomic mass is 32.1. The van der Waals surface area contributed by atoms with Gasteiger partial charge in [0.25, 0.3) is 0 Å². The van der Waals surface area contributed by atoms with Crippen molar-refractivity contribution >= 4 is 31.8 Å². The van der Waals surface area contributed by atoms with Crippen molar-refractivity contribution in [1.29, 1.82) is 0 Å². The van der Waals surface area contributed by atoms with E-state index in [9.17, 15) is 0 Å². The molecule has 0 radical (unpaired) electrons. The molecule has 23 heavy (non-hydrogen) atoms. The smallest absolute Gasteiger partial charge is 0.229 e. The summed E-state index contributed by atoms with van der Waals surface area (Å²) in [5.41, 5.74) is 2.99. The normalized spacial score (nSPS) is 11.7. The molecule has 0 saturated heterocycles. The Bertz CT molecular complexity index is 782. The molecule has 0 spiro atoms. The summed E-state index contributed by atoms with van der Waals surface area (Å²) in [4.78, 5) is 6.11. The van der Waals surface area contributed by atoms with Gasteiger partial charge < -0.3 is 4.43 Å². The summed E-state index contributed by atoms with van der Waals surface area (Å²) in [5, 5.41) is 2.08. The number of benzene rings is 2. The van der Waals surface area contributed by atoms with Crippen LogP contribution in [0.15, 0.2) is 77.1 Å². The molecule has 0 fully saturated rings. The monoisotopic (exact) mass is 337 g/mol. The van der Waals surface area contributed by atoms with Crippen LogP contribution in [0.3, 0.4) is 0 Å². The molecule has 4 heteroatoms. The third kappa shape index (κ3) is 3.97. The average molecular weight is 338 g/mol. The van der Waals surface area contributed by atoms with Gasteiger partial charge in [-0.2, -0.15) is 0 Å². The molecule has 0 N–H and O–H groups in total. The van der Waals surface area contributed by atoms with Crippen LogP contribution in [0.2, 0.25) is 13.1 Å². The van der Waals surface area contributed by atoms with Crippen LogP contribution in [0.25, 0.3) is 0 Å². The Morgan fingerprint density at radius 3 is 2.35 bits per heavy atom. The van der Waals surface area contributed by atoms with E-state index in [-0.39, 0.29) is 0 Å². The maximum atomic E-state index is 6.03. The lowest BCUT2D eigenvalue weighted by molar-refractivity contribution is 0.582. The summed E-state index contributed by atoms with van der Waals surface area (Å²) in [6.45, 7) is 4.33. The van der Waals surface area contributed by atoms with E-state index in [1.54, 1.807) is 11.3 Å². The lowest BCUT2D eigenvalue weighted by Crippen LogP contribution is -2.11. The Hall–Kier alpha value is -2.17. The number of hydrogen-bond donors (Lipinski definition) is 0. The number of nitrogens with zero attached hydrogens (tertiary/aromatic N) is 1. The summed E-state index contributed by atoms with van der Waals surface area (Å²) < 4.78 is 6.03. The first-order valence-electron chi connectivity index (χ1n) is 7.67. The first-order valence-corrected chi connectivity index (χ1v) is 11.3. The highest BCUT2D eigenvalue weighted by Crippen LogP contribution is 2.30. The third-order valence-corrected chi connectivity index (χ3v) is 4.86. The third-order valence-electron chi connectivity index (χ3n) is 3.26. The summed E-state index contributed by atoms with van der Waals surface area (Å²) >= 11 is 1.70. The van der Waals surface area contributed by atoms with Gasteiger partial charge in [0.1, 0.15) is 11.4 Å². The zero-order valence-corrected chi connectivity index (χ0v) is 15.2. The second-order valence-corrected chi connectivity index (χ2v) is 8.72. The van der Waals surface area contributed by atoms with E-state index in [0.717, 1.165) is 27.6 Å². The van der Waals surface area contributed by atoms with Crippen LogP contribution in [0, 0.1) is 0 Å². The molecular weight excluding hydrogens is 318 g/mol. The number of rotatable bonds is 5. The second kappa shape index (κ2) is 7.40. The average Bonchev–Trinajstić information content (AvgIpc) is 3.08. The quantitative estimate of drug-likeness (QED) is 0.458. The number of hydrogen-bond acceptors (Lipinski definition) is 3. The number of para-hydroxylation sites is 2. The Morgan fingerprint density at radius 2 is 1.65 bits per heavy atom. The van der Waals surface area contributed by atoms with Gasteiger partial charge >= 0.3 is 0 Å². The second-order valence-electron chi connectivity index (χ2n) is 5.44. The van der Waals surface area contributed by atoms with E-state index in [4.69, 9.17) is 9.42 Å². The molecule has 0 bridgehead atoms. The first-order chi connectivity index (χ1) is 11.2. The molecule has 0 saturated carbocycles. The fraction of sp³-hybridized carbons (Fsp3) is 0.105. The van der Waals surface area contributed by atoms with Crippen LogP contribution in [0.1, 0.15) is 10.4 Å². The zero-order chi connectivity index (χ0) is 16.1. The predicted octanol–water partition coefficient (Wildman–Crippen LogP) is 5.28. The molecule has 0 aliphatic heterocycles. The summed E-state index contributed by atoms with van der Waals surface area (Å²) in [5.74, 6) is 0.874. The van der Waals surface area contributed by atoms with Gasteiger partial charge in [-0.05, 0) is 36.7 Å². The largest absolute Gasteiger partial charge is 0.546 e. The van der Waals surface area contributed by atoms with E-state index in [1.807, 2.05) is 42.5 Å². The van der Waals surface area contributed by atoms with Gasteiger partial charge in [0.05, 0.1) is 10.6 Å². The van der Waals surface area contributed by atoms with Crippen LogP contribution < -0.4 is 4.43 Å². The molecular formula is C19H19NOSSi. The van der Waals surface area contributed by atoms with Gasteiger partial charge in [-0.15, -0.1) is 11.3 Å². The van der Waals surface area contributed by atoms with Crippen LogP contribution in [-0.4, -0.2) is 14.8 Å². The van der Waals surface area contributed by atoms with Crippen molar-refractivity contribution in [2.45, 2.75) is 13.1 Å². The van der Waals surface area contributed by atoms with Gasteiger partial charge in [0, 0.05) is 5.56 Å². The molecule has 3 aromatic rings. The Balaban J connectivity index is 2.09. The molecule has 0 atom stereocenters. The molecule has 0 aliphatic carbocycles. The van der Waals surface area contributed by atoms with Gasteiger partial charge in [-0.3, -0.25) is 0 Å². The highest BCUT2D eigenvalue weighted by molar-refractivity contribution is 7.12. The van der Waals surface area contributed by atoms with Crippen molar-refractivity contribution in [3.63, 3.8) is 0 Å². The van der Waals surface area contributed by atoms with Gasteiger partial charge in [-0.25, -0.2) is 4.99 Å². The SMILES string of the molecule is C[SiH](C)Oc1ccccc1N=C(c1ccccc1)c1cccs1. The minimum atomic E-state index is -1.17. The summed E-state index contributed by atoms with van der Waals surface area (Å²) in [7, 11) is -1.17. The number of aliphatic imine (C=N–C) groups is 1. The van der Waals surface area contributed by atoms with E-state index in [1.165, 1.54) is 0 Å². The number of thiophene rings is 1. The van der Waals surface area contributed by atoms with Crippen molar-refractivity contribution in [1.82, 2.24) is 0 Å². The molecule has 2 nitrogen and oxygen atoms in total. The van der Waals surface area contributed by atoms with Crippen molar-refractivity contribution in [2.24, 2.45) is 4.99 Å². The molecule has 0 amide bonds. The molecule has 1 aromatic heterocycles. The van der Waals surface area contributed by atoms with Crippen LogP contribution >= 0.6 is 11.3 Å². The molecule has 3 rings (SSSR count). The Morgan fingerprint density at radius 1 is 0.913 bits per heavy atom. The van der Waals surface area contributed by atoms with Crippen LogP contribution in [0.4, 0.5) is 5.69 Å². The van der Waals surface area contributed by atoms with Crippen molar-refractivity contribution in [3.05, 3.63) is 82.6 Å².